The molecular weight excluding hydrogens is 364 g/mol. The third-order valence-corrected chi connectivity index (χ3v) is 6.45. The van der Waals surface area contributed by atoms with Crippen LogP contribution in [-0.4, -0.2) is 47.0 Å². The van der Waals surface area contributed by atoms with Crippen LogP contribution < -0.4 is 10.5 Å². The number of piperazine rings is 1. The largest absolute Gasteiger partial charge is 0.469 e. The highest BCUT2D eigenvalue weighted by Gasteiger charge is 2.27. The van der Waals surface area contributed by atoms with Gasteiger partial charge in [-0.2, -0.15) is 0 Å². The summed E-state index contributed by atoms with van der Waals surface area (Å²) < 4.78 is 5.24. The van der Waals surface area contributed by atoms with Crippen molar-refractivity contribution >= 4 is 27.5 Å². The average molecular weight is 387 g/mol. The molecule has 1 amide bonds. The number of fused-ring (bicyclic) bond motifs is 1. The molecule has 0 bridgehead atoms. The number of thiophene rings is 1. The Balaban J connectivity index is 1.44. The maximum atomic E-state index is 12.6. The van der Waals surface area contributed by atoms with Crippen molar-refractivity contribution in [1.29, 1.82) is 0 Å². The second-order valence-corrected chi connectivity index (χ2v) is 8.29. The zero-order valence-corrected chi connectivity index (χ0v) is 16.5. The lowest BCUT2D eigenvalue weighted by atomic mass is 10.2. The molecule has 0 atom stereocenters. The fraction of sp³-hybridized carbons (Fsp3) is 0.421. The van der Waals surface area contributed by atoms with Gasteiger partial charge in [0.2, 0.25) is 0 Å². The van der Waals surface area contributed by atoms with E-state index >= 15 is 0 Å². The van der Waals surface area contributed by atoms with E-state index in [1.165, 1.54) is 4.90 Å². The number of carbonyl (C=O) groups excluding carboxylic acids is 1. The van der Waals surface area contributed by atoms with E-state index in [0.29, 0.717) is 42.2 Å². The maximum absolute atomic E-state index is 12.6. The Morgan fingerprint density at radius 3 is 2.74 bits per heavy atom. The summed E-state index contributed by atoms with van der Waals surface area (Å²) >= 11 is 1.57. The lowest BCUT2D eigenvalue weighted by molar-refractivity contribution is -0.918. The minimum atomic E-state index is -0.0551. The van der Waals surface area contributed by atoms with Gasteiger partial charge in [-0.25, -0.2) is 4.98 Å². The predicted octanol–water partition coefficient (Wildman–Crippen LogP) is 1.04. The molecule has 1 aliphatic heterocycles. The first-order chi connectivity index (χ1) is 12.9. The van der Waals surface area contributed by atoms with Gasteiger partial charge in [-0.05, 0) is 32.4 Å². The summed E-state index contributed by atoms with van der Waals surface area (Å²) in [5, 5.41) is 0.710. The van der Waals surface area contributed by atoms with Crippen LogP contribution in [0.3, 0.4) is 0 Å². The summed E-state index contributed by atoms with van der Waals surface area (Å²) in [6.07, 6.45) is 1.55. The number of furan rings is 1. The zero-order valence-electron chi connectivity index (χ0n) is 15.7. The average Bonchev–Trinajstić information content (AvgIpc) is 3.18. The van der Waals surface area contributed by atoms with Gasteiger partial charge in [-0.1, -0.05) is 0 Å². The molecule has 0 aliphatic carbocycles. The fourth-order valence-corrected chi connectivity index (χ4v) is 4.65. The van der Waals surface area contributed by atoms with Crippen LogP contribution in [-0.2, 0) is 6.54 Å². The van der Waals surface area contributed by atoms with Crippen molar-refractivity contribution < 1.29 is 14.1 Å². The predicted molar refractivity (Wildman–Crippen MR) is 103 cm³/mol. The van der Waals surface area contributed by atoms with Crippen LogP contribution >= 0.6 is 11.3 Å². The number of hydrogen-bond donors (Lipinski definition) is 2. The number of aromatic amines is 1. The first kappa shape index (κ1) is 17.9. The van der Waals surface area contributed by atoms with Crippen LogP contribution in [0.2, 0.25) is 0 Å². The quantitative estimate of drug-likeness (QED) is 0.704. The number of H-pyrrole nitrogens is 1. The Labute approximate surface area is 160 Å². The molecule has 1 aliphatic rings. The van der Waals surface area contributed by atoms with Crippen molar-refractivity contribution in [1.82, 2.24) is 14.9 Å². The van der Waals surface area contributed by atoms with E-state index in [4.69, 9.17) is 4.42 Å². The number of aryl methyl sites for hydroxylation is 3. The van der Waals surface area contributed by atoms with Crippen LogP contribution in [0.1, 0.15) is 32.4 Å². The van der Waals surface area contributed by atoms with E-state index in [2.05, 4.69) is 9.97 Å². The molecule has 0 radical (unpaired) electrons. The van der Waals surface area contributed by atoms with Crippen LogP contribution in [0, 0.1) is 20.8 Å². The Kier molecular flexibility index (Phi) is 4.61. The normalized spacial score (nSPS) is 15.6. The number of nitrogens with one attached hydrogen (secondary N) is 2. The van der Waals surface area contributed by atoms with E-state index in [1.807, 2.05) is 18.7 Å². The maximum Gasteiger partial charge on any atom is 0.260 e. The Morgan fingerprint density at radius 1 is 1.33 bits per heavy atom. The fourth-order valence-electron chi connectivity index (χ4n) is 3.60. The van der Waals surface area contributed by atoms with Gasteiger partial charge in [0, 0.05) is 4.88 Å². The Bertz CT molecular complexity index is 1060. The number of nitrogens with zero attached hydrogens (tertiary/aromatic N) is 2. The van der Waals surface area contributed by atoms with E-state index < -0.39 is 0 Å². The van der Waals surface area contributed by atoms with Crippen LogP contribution in [0.4, 0.5) is 0 Å². The number of rotatable bonds is 3. The first-order valence-electron chi connectivity index (χ1n) is 9.10. The number of amides is 1. The lowest BCUT2D eigenvalue weighted by Crippen LogP contribution is -3.13. The molecular formula is C19H23N4O3S+. The van der Waals surface area contributed by atoms with Gasteiger partial charge >= 0.3 is 0 Å². The number of carbonyl (C=O) groups is 1. The molecule has 1 fully saturated rings. The van der Waals surface area contributed by atoms with Gasteiger partial charge < -0.3 is 19.2 Å². The Hall–Kier alpha value is -2.45. The molecule has 3 aromatic heterocycles. The molecule has 0 aromatic carbocycles. The standard InChI is InChI=1S/C19H22N4O3S/c1-11-13(3)27-18-16(11)17(24)20-15(21-18)10-22-5-7-23(8-6-22)19(25)14-4-9-26-12(14)2/h4,9H,5-8,10H2,1-3H3,(H,20,21,24)/p+1. The van der Waals surface area contributed by atoms with Gasteiger partial charge in [0.1, 0.15) is 17.1 Å². The van der Waals surface area contributed by atoms with E-state index in [9.17, 15) is 9.59 Å². The van der Waals surface area contributed by atoms with Crippen molar-refractivity contribution in [2.24, 2.45) is 0 Å². The molecule has 7 nitrogen and oxygen atoms in total. The van der Waals surface area contributed by atoms with Crippen molar-refractivity contribution in [3.05, 3.63) is 50.3 Å². The minimum absolute atomic E-state index is 0.0257. The molecule has 4 rings (SSSR count). The SMILES string of the molecule is Cc1occc1C(=O)N1CC[NH+](Cc2nc3sc(C)c(C)c3c(=O)[nH]2)CC1. The molecule has 0 spiro atoms. The molecule has 4 heterocycles. The van der Waals surface area contributed by atoms with Gasteiger partial charge in [-0.3, -0.25) is 9.59 Å². The molecule has 0 unspecified atom stereocenters. The molecule has 3 aromatic rings. The van der Waals surface area contributed by atoms with E-state index in [0.717, 1.165) is 28.4 Å². The molecule has 1 saturated heterocycles. The number of quaternary nitrogens is 1. The van der Waals surface area contributed by atoms with Crippen LogP contribution in [0.5, 0.6) is 0 Å². The highest BCUT2D eigenvalue weighted by atomic mass is 32.1. The zero-order chi connectivity index (χ0) is 19.1. The summed E-state index contributed by atoms with van der Waals surface area (Å²) in [6.45, 7) is 9.47. The third-order valence-electron chi connectivity index (χ3n) is 5.35. The second kappa shape index (κ2) is 6.94. The van der Waals surface area contributed by atoms with Gasteiger partial charge in [0.15, 0.2) is 5.82 Å². The van der Waals surface area contributed by atoms with Gasteiger partial charge in [-0.15, -0.1) is 11.3 Å². The Morgan fingerprint density at radius 2 is 2.07 bits per heavy atom. The lowest BCUT2D eigenvalue weighted by Gasteiger charge is -2.31. The third kappa shape index (κ3) is 3.30. The second-order valence-electron chi connectivity index (χ2n) is 7.09. The highest BCUT2D eigenvalue weighted by Crippen LogP contribution is 2.25. The smallest absolute Gasteiger partial charge is 0.260 e. The van der Waals surface area contributed by atoms with Crippen LogP contribution in [0.25, 0.3) is 10.2 Å². The van der Waals surface area contributed by atoms with Crippen molar-refractivity contribution in [2.75, 3.05) is 26.2 Å². The summed E-state index contributed by atoms with van der Waals surface area (Å²) in [5.74, 6) is 1.40. The van der Waals surface area contributed by atoms with Crippen molar-refractivity contribution in [3.8, 4) is 0 Å². The van der Waals surface area contributed by atoms with Crippen molar-refractivity contribution in [2.45, 2.75) is 27.3 Å². The van der Waals surface area contributed by atoms with E-state index in [1.54, 1.807) is 30.6 Å². The molecule has 8 heteroatoms. The molecule has 0 saturated carbocycles. The van der Waals surface area contributed by atoms with Gasteiger partial charge in [0.25, 0.3) is 11.5 Å². The highest BCUT2D eigenvalue weighted by molar-refractivity contribution is 7.18. The van der Waals surface area contributed by atoms with Crippen molar-refractivity contribution in [3.63, 3.8) is 0 Å². The van der Waals surface area contributed by atoms with Gasteiger partial charge in [0.05, 0.1) is 43.4 Å². The van der Waals surface area contributed by atoms with Crippen LogP contribution in [0.15, 0.2) is 21.5 Å². The van der Waals surface area contributed by atoms with E-state index in [-0.39, 0.29) is 11.5 Å². The molecule has 2 N–H and O–H groups in total. The topological polar surface area (TPSA) is 83.6 Å². The summed E-state index contributed by atoms with van der Waals surface area (Å²) in [7, 11) is 0. The number of hydrogen-bond acceptors (Lipinski definition) is 5. The summed E-state index contributed by atoms with van der Waals surface area (Å²) in [4.78, 5) is 37.7. The summed E-state index contributed by atoms with van der Waals surface area (Å²) in [5.41, 5.74) is 1.60. The monoisotopic (exact) mass is 387 g/mol. The first-order valence-corrected chi connectivity index (χ1v) is 9.91. The summed E-state index contributed by atoms with van der Waals surface area (Å²) in [6, 6.07) is 1.73. The minimum Gasteiger partial charge on any atom is -0.469 e. The molecule has 27 heavy (non-hydrogen) atoms. The molecule has 142 valence electrons. The number of aromatic nitrogens is 2.